The van der Waals surface area contributed by atoms with E-state index >= 15 is 0 Å². The van der Waals surface area contributed by atoms with E-state index in [9.17, 15) is 18.8 Å². The Morgan fingerprint density at radius 2 is 2.00 bits per heavy atom. The number of aryl methyl sites for hydroxylation is 1. The fourth-order valence-corrected chi connectivity index (χ4v) is 4.52. The Hall–Kier alpha value is -3.05. The minimum atomic E-state index is -0.839. The number of benzene rings is 1. The summed E-state index contributed by atoms with van der Waals surface area (Å²) < 4.78 is 19.7. The molecule has 3 atom stereocenters. The van der Waals surface area contributed by atoms with Crippen molar-refractivity contribution in [3.63, 3.8) is 0 Å². The summed E-state index contributed by atoms with van der Waals surface area (Å²) in [5.41, 5.74) is 3.20. The van der Waals surface area contributed by atoms with Crippen LogP contribution in [0.15, 0.2) is 29.1 Å². The summed E-state index contributed by atoms with van der Waals surface area (Å²) in [6, 6.07) is 2.27. The number of amides is 3. The van der Waals surface area contributed by atoms with E-state index in [1.807, 2.05) is 12.3 Å². The van der Waals surface area contributed by atoms with Crippen molar-refractivity contribution in [2.75, 3.05) is 26.7 Å². The highest BCUT2D eigenvalue weighted by molar-refractivity contribution is 7.07. The Balaban J connectivity index is 1.81. The molecule has 0 spiro atoms. The zero-order chi connectivity index (χ0) is 26.1. The Morgan fingerprint density at radius 1 is 1.19 bits per heavy atom. The van der Waals surface area contributed by atoms with Gasteiger partial charge in [-0.3, -0.25) is 14.4 Å². The number of rotatable bonds is 3. The first kappa shape index (κ1) is 27.5. The summed E-state index contributed by atoms with van der Waals surface area (Å²) >= 11 is 1.41. The number of fused-ring (bicyclic) bond motifs is 1. The van der Waals surface area contributed by atoms with Gasteiger partial charge in [-0.15, -0.1) is 11.3 Å². The van der Waals surface area contributed by atoms with Crippen LogP contribution in [0.2, 0.25) is 0 Å². The zero-order valence-electron chi connectivity index (χ0n) is 20.9. The largest absolute Gasteiger partial charge is 0.492 e. The number of hydrogen-bond donors (Lipinski definition) is 3. The minimum Gasteiger partial charge on any atom is -0.492 e. The maximum Gasteiger partial charge on any atom is 0.243 e. The Labute approximate surface area is 214 Å². The van der Waals surface area contributed by atoms with Crippen molar-refractivity contribution in [3.8, 4) is 5.75 Å². The van der Waals surface area contributed by atoms with Crippen LogP contribution in [0.1, 0.15) is 37.9 Å². The van der Waals surface area contributed by atoms with Crippen LogP contribution in [0, 0.1) is 5.82 Å². The van der Waals surface area contributed by atoms with Crippen molar-refractivity contribution in [2.45, 2.75) is 57.7 Å². The average molecular weight is 520 g/mol. The number of nitrogens with zero attached hydrogens (tertiary/aromatic N) is 2. The van der Waals surface area contributed by atoms with Crippen LogP contribution in [0.3, 0.4) is 0 Å². The van der Waals surface area contributed by atoms with Crippen molar-refractivity contribution in [2.24, 2.45) is 0 Å². The van der Waals surface area contributed by atoms with E-state index in [-0.39, 0.29) is 24.8 Å². The van der Waals surface area contributed by atoms with Gasteiger partial charge in [-0.1, -0.05) is 13.0 Å². The van der Waals surface area contributed by atoms with Gasteiger partial charge in [0.2, 0.25) is 17.7 Å². The first-order valence-corrected chi connectivity index (χ1v) is 13.1. The molecule has 3 rings (SSSR count). The van der Waals surface area contributed by atoms with E-state index in [2.05, 4.69) is 20.9 Å². The van der Waals surface area contributed by atoms with Crippen molar-refractivity contribution < 1.29 is 23.5 Å². The number of nitrogens with one attached hydrogen (secondary N) is 3. The molecule has 0 bridgehead atoms. The molecule has 9 nitrogen and oxygen atoms in total. The minimum absolute atomic E-state index is 0.237. The number of carbonyl (C=O) groups excluding carboxylic acids is 3. The molecule has 3 amide bonds. The summed E-state index contributed by atoms with van der Waals surface area (Å²) in [6.07, 6.45) is 1.93. The van der Waals surface area contributed by atoms with Gasteiger partial charge in [-0.05, 0) is 37.8 Å². The fourth-order valence-electron chi connectivity index (χ4n) is 3.94. The van der Waals surface area contributed by atoms with Crippen molar-refractivity contribution in [1.82, 2.24) is 25.8 Å². The van der Waals surface area contributed by atoms with Crippen molar-refractivity contribution >= 4 is 29.1 Å². The maximum absolute atomic E-state index is 13.8. The van der Waals surface area contributed by atoms with E-state index in [1.54, 1.807) is 25.5 Å². The van der Waals surface area contributed by atoms with Crippen LogP contribution in [0.4, 0.5) is 4.39 Å². The molecule has 1 aromatic carbocycles. The normalized spacial score (nSPS) is 23.1. The van der Waals surface area contributed by atoms with Crippen molar-refractivity contribution in [3.05, 3.63) is 46.2 Å². The Bertz CT molecular complexity index is 1040. The van der Waals surface area contributed by atoms with Gasteiger partial charge in [0.15, 0.2) is 0 Å². The Kier molecular flexibility index (Phi) is 10.2. The molecular weight excluding hydrogens is 485 g/mol. The van der Waals surface area contributed by atoms with Crippen LogP contribution in [-0.4, -0.2) is 72.5 Å². The highest BCUT2D eigenvalue weighted by atomic mass is 32.1. The highest BCUT2D eigenvalue weighted by Gasteiger charge is 2.30. The number of ether oxygens (including phenoxy) is 1. The molecule has 0 saturated carbocycles. The summed E-state index contributed by atoms with van der Waals surface area (Å²) in [5, 5.41) is 10.7. The predicted octanol–water partition coefficient (Wildman–Crippen LogP) is 1.67. The average Bonchev–Trinajstić information content (AvgIpc) is 3.38. The third kappa shape index (κ3) is 7.47. The lowest BCUT2D eigenvalue weighted by atomic mass is 10.1. The van der Waals surface area contributed by atoms with E-state index < -0.39 is 29.8 Å². The van der Waals surface area contributed by atoms with Gasteiger partial charge in [-0.2, -0.15) is 0 Å². The van der Waals surface area contributed by atoms with Crippen LogP contribution in [-0.2, 0) is 27.2 Å². The molecule has 1 unspecified atom stereocenters. The quantitative estimate of drug-likeness (QED) is 0.569. The van der Waals surface area contributed by atoms with Crippen LogP contribution in [0.25, 0.3) is 0 Å². The number of aromatic nitrogens is 1. The fraction of sp³-hybridized carbons (Fsp3) is 0.520. The molecule has 2 heterocycles. The summed E-state index contributed by atoms with van der Waals surface area (Å²) in [5.74, 6) is -0.940. The van der Waals surface area contributed by atoms with Crippen molar-refractivity contribution in [1.29, 1.82) is 0 Å². The summed E-state index contributed by atoms with van der Waals surface area (Å²) in [7, 11) is 1.57. The Morgan fingerprint density at radius 3 is 2.72 bits per heavy atom. The molecular formula is C25H34FN5O4S. The number of carbonyl (C=O) groups is 3. The molecule has 0 aliphatic carbocycles. The SMILES string of the molecule is CCC1NCCOc2cc(F)ccc2CCCNC(=O)[C@@H](Cc2cscn2)NC(=O)[C@@H](C)N(C)C1=O. The number of thiazole rings is 1. The molecule has 11 heteroatoms. The molecule has 0 fully saturated rings. The van der Waals surface area contributed by atoms with Gasteiger partial charge in [0.25, 0.3) is 0 Å². The predicted molar refractivity (Wildman–Crippen MR) is 135 cm³/mol. The first-order valence-electron chi connectivity index (χ1n) is 12.2. The van der Waals surface area contributed by atoms with Crippen LogP contribution < -0.4 is 20.7 Å². The van der Waals surface area contributed by atoms with Gasteiger partial charge in [0.05, 0.1) is 17.2 Å². The second kappa shape index (κ2) is 13.3. The molecule has 2 aromatic rings. The van der Waals surface area contributed by atoms with Crippen LogP contribution in [0.5, 0.6) is 5.75 Å². The molecule has 1 aliphatic heterocycles. The molecule has 1 aromatic heterocycles. The number of hydrogen-bond acceptors (Lipinski definition) is 7. The molecule has 0 saturated heterocycles. The lowest BCUT2D eigenvalue weighted by molar-refractivity contribution is -0.140. The monoisotopic (exact) mass is 519 g/mol. The topological polar surface area (TPSA) is 113 Å². The molecule has 0 radical (unpaired) electrons. The number of halogens is 1. The van der Waals surface area contributed by atoms with Gasteiger partial charge < -0.3 is 25.6 Å². The van der Waals surface area contributed by atoms with E-state index in [1.165, 1.54) is 28.4 Å². The van der Waals surface area contributed by atoms with Gasteiger partial charge >= 0.3 is 0 Å². The smallest absolute Gasteiger partial charge is 0.243 e. The van der Waals surface area contributed by atoms with E-state index in [0.717, 1.165) is 5.56 Å². The van der Waals surface area contributed by atoms with Gasteiger partial charge in [0, 0.05) is 38.0 Å². The zero-order valence-corrected chi connectivity index (χ0v) is 21.7. The third-order valence-corrected chi connectivity index (χ3v) is 6.88. The van der Waals surface area contributed by atoms with Crippen LogP contribution >= 0.6 is 11.3 Å². The summed E-state index contributed by atoms with van der Waals surface area (Å²) in [4.78, 5) is 44.7. The lowest BCUT2D eigenvalue weighted by Crippen LogP contribution is -2.56. The third-order valence-electron chi connectivity index (χ3n) is 6.25. The van der Waals surface area contributed by atoms with Gasteiger partial charge in [-0.25, -0.2) is 9.37 Å². The van der Waals surface area contributed by atoms with Gasteiger partial charge in [0.1, 0.15) is 30.3 Å². The maximum atomic E-state index is 13.8. The first-order chi connectivity index (χ1) is 17.3. The lowest BCUT2D eigenvalue weighted by Gasteiger charge is -2.29. The van der Waals surface area contributed by atoms with E-state index in [4.69, 9.17) is 4.74 Å². The summed E-state index contributed by atoms with van der Waals surface area (Å²) in [6.45, 7) is 4.49. The standard InChI is InChI=1S/C25H34FN5O4S/c1-4-20-25(34)31(3)16(2)23(32)30-21(13-19-14-36-15-29-19)24(33)28-9-5-6-17-7-8-18(26)12-22(17)35-11-10-27-20/h7-8,12,14-16,20-21,27H,4-6,9-11,13H2,1-3H3,(H,28,33)(H,30,32)/t16-,20?,21-/m1/s1. The van der Waals surface area contributed by atoms with E-state index in [0.29, 0.717) is 43.8 Å². The second-order valence-electron chi connectivity index (χ2n) is 8.78. The molecule has 196 valence electrons. The molecule has 3 N–H and O–H groups in total. The highest BCUT2D eigenvalue weighted by Crippen LogP contribution is 2.21. The molecule has 1 aliphatic rings. The number of likely N-dealkylation sites (N-methyl/N-ethyl adjacent to an activating group) is 1. The second-order valence-corrected chi connectivity index (χ2v) is 9.50. The molecule has 36 heavy (non-hydrogen) atoms.